The van der Waals surface area contributed by atoms with Gasteiger partial charge >= 0.3 is 0 Å². The second-order valence-electron chi connectivity index (χ2n) is 8.59. The van der Waals surface area contributed by atoms with Gasteiger partial charge in [-0.15, -0.1) is 0 Å². The second-order valence-corrected chi connectivity index (χ2v) is 8.59. The molecular formula is C26H24N6O. The number of hydrogen-bond acceptors (Lipinski definition) is 4. The molecule has 2 atom stereocenters. The Balaban J connectivity index is 1.30. The smallest absolute Gasteiger partial charge is 0.251 e. The summed E-state index contributed by atoms with van der Waals surface area (Å²) < 4.78 is 0. The Hall–Kier alpha value is -3.97. The van der Waals surface area contributed by atoms with Crippen LogP contribution in [-0.2, 0) is 0 Å². The van der Waals surface area contributed by atoms with Gasteiger partial charge in [0.15, 0.2) is 0 Å². The van der Waals surface area contributed by atoms with Crippen LogP contribution in [0.5, 0.6) is 0 Å². The zero-order valence-corrected chi connectivity index (χ0v) is 18.0. The van der Waals surface area contributed by atoms with E-state index in [0.29, 0.717) is 11.5 Å². The van der Waals surface area contributed by atoms with Crippen LogP contribution in [0.1, 0.15) is 28.3 Å². The molecule has 1 amide bonds. The van der Waals surface area contributed by atoms with Gasteiger partial charge in [-0.1, -0.05) is 36.4 Å². The second kappa shape index (κ2) is 8.18. The Morgan fingerprint density at radius 1 is 0.970 bits per heavy atom. The summed E-state index contributed by atoms with van der Waals surface area (Å²) in [5.74, 6) is 0.232. The van der Waals surface area contributed by atoms with Crippen LogP contribution in [0.2, 0.25) is 0 Å². The predicted molar refractivity (Wildman–Crippen MR) is 129 cm³/mol. The number of hydrogen-bond donors (Lipinski definition) is 4. The average Bonchev–Trinajstić information content (AvgIpc) is 3.51. The number of aromatic amines is 2. The van der Waals surface area contributed by atoms with Gasteiger partial charge in [0.1, 0.15) is 0 Å². The molecule has 1 fully saturated rings. The van der Waals surface area contributed by atoms with Crippen LogP contribution in [0.4, 0.5) is 0 Å². The third-order valence-electron chi connectivity index (χ3n) is 6.56. The largest absolute Gasteiger partial charge is 0.347 e. The van der Waals surface area contributed by atoms with Gasteiger partial charge in [-0.25, -0.2) is 0 Å². The summed E-state index contributed by atoms with van der Waals surface area (Å²) in [6, 6.07) is 22.3. The van der Waals surface area contributed by atoms with E-state index in [1.807, 2.05) is 36.4 Å². The van der Waals surface area contributed by atoms with Gasteiger partial charge in [0, 0.05) is 40.4 Å². The molecule has 0 bridgehead atoms. The Kier molecular flexibility index (Phi) is 4.88. The molecule has 0 radical (unpaired) electrons. The van der Waals surface area contributed by atoms with Gasteiger partial charge in [-0.05, 0) is 48.9 Å². The van der Waals surface area contributed by atoms with E-state index >= 15 is 0 Å². The third kappa shape index (κ3) is 3.66. The maximum absolute atomic E-state index is 13.3. The van der Waals surface area contributed by atoms with Crippen LogP contribution in [0.15, 0.2) is 72.9 Å². The zero-order chi connectivity index (χ0) is 22.2. The van der Waals surface area contributed by atoms with Crippen molar-refractivity contribution in [2.45, 2.75) is 18.4 Å². The van der Waals surface area contributed by atoms with Crippen molar-refractivity contribution in [2.75, 3.05) is 13.1 Å². The van der Waals surface area contributed by atoms with E-state index in [0.717, 1.165) is 52.6 Å². The van der Waals surface area contributed by atoms with Gasteiger partial charge in [-0.3, -0.25) is 15.0 Å². The third-order valence-corrected chi connectivity index (χ3v) is 6.56. The molecule has 2 aromatic heterocycles. The highest BCUT2D eigenvalue weighted by Gasteiger charge is 2.28. The Bertz CT molecular complexity index is 1440. The van der Waals surface area contributed by atoms with Gasteiger partial charge in [0.2, 0.25) is 0 Å². The van der Waals surface area contributed by atoms with Crippen LogP contribution in [0.3, 0.4) is 0 Å². The topological polar surface area (TPSA) is 98.5 Å². The number of aromatic nitrogens is 4. The van der Waals surface area contributed by atoms with Crippen molar-refractivity contribution in [3.05, 3.63) is 84.1 Å². The first-order valence-corrected chi connectivity index (χ1v) is 11.2. The molecule has 7 nitrogen and oxygen atoms in total. The molecule has 5 aromatic rings. The molecule has 6 rings (SSSR count). The van der Waals surface area contributed by atoms with Crippen LogP contribution in [0.25, 0.3) is 33.1 Å². The molecule has 4 N–H and O–H groups in total. The van der Waals surface area contributed by atoms with Crippen LogP contribution >= 0.6 is 0 Å². The van der Waals surface area contributed by atoms with Crippen LogP contribution in [0, 0.1) is 0 Å². The standard InChI is InChI=1S/C26H24N6O/c33-26(29-24-15-27-11-10-20(24)16-4-2-1-3-5-16)18-7-9-23-21(13-18)25(32-31-23)17-6-8-22-19(12-17)14-28-30-22/h1-9,12-14,20,24,27H,10-11,15H2,(H,28,30)(H,29,33)(H,31,32)/t20-,24+/m0/s1. The molecule has 0 unspecified atom stereocenters. The van der Waals surface area contributed by atoms with Crippen molar-refractivity contribution in [2.24, 2.45) is 0 Å². The van der Waals surface area contributed by atoms with E-state index in [1.165, 1.54) is 5.56 Å². The Morgan fingerprint density at radius 3 is 2.76 bits per heavy atom. The number of carbonyl (C=O) groups excluding carboxylic acids is 1. The fraction of sp³-hybridized carbons (Fsp3) is 0.192. The predicted octanol–water partition coefficient (Wildman–Crippen LogP) is 3.98. The SMILES string of the molecule is O=C(N[C@@H]1CNCC[C@H]1c1ccccc1)c1ccc2[nH]nc(-c3ccc4[nH]ncc4c3)c2c1. The van der Waals surface area contributed by atoms with Crippen molar-refractivity contribution >= 4 is 27.7 Å². The van der Waals surface area contributed by atoms with Crippen molar-refractivity contribution in [3.63, 3.8) is 0 Å². The molecule has 1 aliphatic rings. The lowest BCUT2D eigenvalue weighted by molar-refractivity contribution is 0.0924. The number of amides is 1. The minimum absolute atomic E-state index is 0.0386. The number of nitrogens with zero attached hydrogens (tertiary/aromatic N) is 2. The number of H-pyrrole nitrogens is 2. The number of nitrogens with one attached hydrogen (secondary N) is 4. The minimum Gasteiger partial charge on any atom is -0.347 e. The highest BCUT2D eigenvalue weighted by molar-refractivity contribution is 6.02. The molecule has 1 saturated heterocycles. The lowest BCUT2D eigenvalue weighted by Crippen LogP contribution is -2.50. The van der Waals surface area contributed by atoms with Crippen LogP contribution in [-0.4, -0.2) is 45.4 Å². The van der Waals surface area contributed by atoms with E-state index in [2.05, 4.69) is 61.4 Å². The number of benzene rings is 3. The number of carbonyl (C=O) groups is 1. The van der Waals surface area contributed by atoms with Gasteiger partial charge in [0.05, 0.1) is 22.9 Å². The van der Waals surface area contributed by atoms with Gasteiger partial charge in [-0.2, -0.15) is 10.2 Å². The van der Waals surface area contributed by atoms with E-state index in [4.69, 9.17) is 0 Å². The number of piperidine rings is 1. The normalized spacial score (nSPS) is 18.5. The minimum atomic E-state index is -0.0658. The average molecular weight is 437 g/mol. The first-order valence-electron chi connectivity index (χ1n) is 11.2. The van der Waals surface area contributed by atoms with E-state index in [-0.39, 0.29) is 11.9 Å². The van der Waals surface area contributed by atoms with E-state index in [1.54, 1.807) is 6.20 Å². The maximum Gasteiger partial charge on any atom is 0.251 e. The molecule has 0 aliphatic carbocycles. The maximum atomic E-state index is 13.3. The highest BCUT2D eigenvalue weighted by Crippen LogP contribution is 2.30. The number of rotatable bonds is 4. The molecule has 3 heterocycles. The molecule has 0 spiro atoms. The van der Waals surface area contributed by atoms with Crippen molar-refractivity contribution in [1.82, 2.24) is 31.0 Å². The molecule has 1 aliphatic heterocycles. The molecule has 33 heavy (non-hydrogen) atoms. The summed E-state index contributed by atoms with van der Waals surface area (Å²) in [5.41, 5.74) is 5.58. The first kappa shape index (κ1) is 19.7. The van der Waals surface area contributed by atoms with E-state index < -0.39 is 0 Å². The quantitative estimate of drug-likeness (QED) is 0.342. The molecule has 3 aromatic carbocycles. The Labute approximate surface area is 190 Å². The molecular weight excluding hydrogens is 412 g/mol. The summed E-state index contributed by atoms with van der Waals surface area (Å²) in [7, 11) is 0. The van der Waals surface area contributed by atoms with Crippen LogP contribution < -0.4 is 10.6 Å². The molecule has 0 saturated carbocycles. The van der Waals surface area contributed by atoms with Crippen molar-refractivity contribution < 1.29 is 4.79 Å². The number of fused-ring (bicyclic) bond motifs is 2. The Morgan fingerprint density at radius 2 is 1.85 bits per heavy atom. The fourth-order valence-electron chi connectivity index (χ4n) is 4.83. The summed E-state index contributed by atoms with van der Waals surface area (Å²) in [4.78, 5) is 13.3. The van der Waals surface area contributed by atoms with Gasteiger partial charge in [0.25, 0.3) is 5.91 Å². The monoisotopic (exact) mass is 436 g/mol. The summed E-state index contributed by atoms with van der Waals surface area (Å²) in [6.07, 6.45) is 2.80. The van der Waals surface area contributed by atoms with Crippen molar-refractivity contribution in [1.29, 1.82) is 0 Å². The summed E-state index contributed by atoms with van der Waals surface area (Å²) >= 11 is 0. The molecule has 7 heteroatoms. The van der Waals surface area contributed by atoms with Crippen molar-refractivity contribution in [3.8, 4) is 11.3 Å². The summed E-state index contributed by atoms with van der Waals surface area (Å²) in [5, 5.41) is 23.3. The first-order chi connectivity index (χ1) is 16.3. The lowest BCUT2D eigenvalue weighted by Gasteiger charge is -2.33. The molecule has 164 valence electrons. The highest BCUT2D eigenvalue weighted by atomic mass is 16.1. The fourth-order valence-corrected chi connectivity index (χ4v) is 4.83. The van der Waals surface area contributed by atoms with E-state index in [9.17, 15) is 4.79 Å². The van der Waals surface area contributed by atoms with Gasteiger partial charge < -0.3 is 10.6 Å². The summed E-state index contributed by atoms with van der Waals surface area (Å²) in [6.45, 7) is 1.71. The lowest BCUT2D eigenvalue weighted by atomic mass is 9.86. The zero-order valence-electron chi connectivity index (χ0n) is 18.0.